The van der Waals surface area contributed by atoms with Gasteiger partial charge in [-0.1, -0.05) is 6.07 Å². The van der Waals surface area contributed by atoms with Crippen molar-refractivity contribution in [3.8, 4) is 5.75 Å². The van der Waals surface area contributed by atoms with Crippen molar-refractivity contribution in [1.82, 2.24) is 5.32 Å². The number of hydrogen-bond donors (Lipinski definition) is 2. The highest BCUT2D eigenvalue weighted by molar-refractivity contribution is 9.10. The van der Waals surface area contributed by atoms with Gasteiger partial charge in [-0.3, -0.25) is 4.79 Å². The normalized spacial score (nSPS) is 10.3. The second-order valence-electron chi connectivity index (χ2n) is 3.87. The Morgan fingerprint density at radius 1 is 1.50 bits per heavy atom. The van der Waals surface area contributed by atoms with Crippen molar-refractivity contribution in [3.05, 3.63) is 28.2 Å². The van der Waals surface area contributed by atoms with Crippen LogP contribution in [0.4, 0.5) is 0 Å². The maximum atomic E-state index is 11.1. The molecule has 1 rings (SSSR count). The molecule has 0 aliphatic rings. The summed E-state index contributed by atoms with van der Waals surface area (Å²) in [5.41, 5.74) is 1.08. The molecule has 0 fully saturated rings. The number of rotatable bonds is 7. The number of ether oxygens (including phenoxy) is 1. The average Bonchev–Trinajstić information content (AvgIpc) is 2.33. The van der Waals surface area contributed by atoms with Crippen molar-refractivity contribution in [2.45, 2.75) is 26.3 Å². The van der Waals surface area contributed by atoms with Gasteiger partial charge in [-0.15, -0.1) is 0 Å². The van der Waals surface area contributed by atoms with E-state index >= 15 is 0 Å². The van der Waals surface area contributed by atoms with Crippen LogP contribution >= 0.6 is 15.9 Å². The summed E-state index contributed by atoms with van der Waals surface area (Å²) in [6, 6.07) is 5.38. The summed E-state index contributed by atoms with van der Waals surface area (Å²) in [6.45, 7) is 3.71. The Morgan fingerprint density at radius 2 is 2.28 bits per heavy atom. The van der Waals surface area contributed by atoms with Gasteiger partial charge in [0.25, 0.3) is 0 Å². The number of nitrogens with one attached hydrogen (secondary N) is 1. The molecule has 0 amide bonds. The van der Waals surface area contributed by atoms with Gasteiger partial charge >= 0.3 is 5.97 Å². The molecule has 0 aliphatic heterocycles. The van der Waals surface area contributed by atoms with Crippen molar-refractivity contribution in [2.75, 3.05) is 13.2 Å². The molecule has 2 N–H and O–H groups in total. The maximum absolute atomic E-state index is 11.1. The van der Waals surface area contributed by atoms with Crippen molar-refractivity contribution in [3.63, 3.8) is 0 Å². The summed E-state index contributed by atoms with van der Waals surface area (Å²) < 4.78 is 5.52. The van der Waals surface area contributed by atoms with Crippen LogP contribution in [0.1, 0.15) is 25.3 Å². The third kappa shape index (κ3) is 5.51. The summed E-state index contributed by atoms with van der Waals surface area (Å²) in [6.07, 6.45) is 1.21. The Bertz CT molecular complexity index is 396. The van der Waals surface area contributed by atoms with Gasteiger partial charge < -0.3 is 15.2 Å². The molecule has 0 bridgehead atoms. The minimum absolute atomic E-state index is 0.147. The zero-order valence-electron chi connectivity index (χ0n) is 10.4. The van der Waals surface area contributed by atoms with Crippen LogP contribution in [0.25, 0.3) is 0 Å². The van der Waals surface area contributed by atoms with Gasteiger partial charge in [0.15, 0.2) is 0 Å². The van der Waals surface area contributed by atoms with Crippen LogP contribution in [0.15, 0.2) is 22.7 Å². The largest absolute Gasteiger partial charge is 0.507 e. The van der Waals surface area contributed by atoms with Crippen LogP contribution in [-0.2, 0) is 16.1 Å². The van der Waals surface area contributed by atoms with Gasteiger partial charge in [0.2, 0.25) is 0 Å². The molecule has 0 radical (unpaired) electrons. The summed E-state index contributed by atoms with van der Waals surface area (Å²) in [5, 5.41) is 12.6. The topological polar surface area (TPSA) is 58.6 Å². The minimum Gasteiger partial charge on any atom is -0.507 e. The molecule has 0 saturated heterocycles. The van der Waals surface area contributed by atoms with E-state index in [9.17, 15) is 9.90 Å². The van der Waals surface area contributed by atoms with E-state index in [0.29, 0.717) is 24.0 Å². The molecule has 0 spiro atoms. The Morgan fingerprint density at radius 3 is 2.94 bits per heavy atom. The first-order valence-corrected chi connectivity index (χ1v) is 6.76. The Balaban J connectivity index is 2.18. The van der Waals surface area contributed by atoms with Crippen LogP contribution in [0.3, 0.4) is 0 Å². The molecule has 0 atom stereocenters. The lowest BCUT2D eigenvalue weighted by atomic mass is 10.2. The zero-order chi connectivity index (χ0) is 13.4. The lowest BCUT2D eigenvalue weighted by Gasteiger charge is -2.06. The molecule has 1 aromatic rings. The minimum atomic E-state index is -0.147. The van der Waals surface area contributed by atoms with Gasteiger partial charge in [-0.25, -0.2) is 0 Å². The fourth-order valence-electron chi connectivity index (χ4n) is 1.48. The third-order valence-corrected chi connectivity index (χ3v) is 3.02. The summed E-state index contributed by atoms with van der Waals surface area (Å²) in [7, 11) is 0. The van der Waals surface area contributed by atoms with Crippen molar-refractivity contribution >= 4 is 21.9 Å². The van der Waals surface area contributed by atoms with E-state index in [1.807, 2.05) is 12.1 Å². The van der Waals surface area contributed by atoms with Crippen LogP contribution in [0, 0.1) is 0 Å². The molecule has 5 heteroatoms. The second-order valence-corrected chi connectivity index (χ2v) is 4.73. The Labute approximate surface area is 115 Å². The first-order valence-electron chi connectivity index (χ1n) is 5.97. The highest BCUT2D eigenvalue weighted by Gasteiger charge is 2.01. The van der Waals surface area contributed by atoms with Gasteiger partial charge in [0, 0.05) is 13.0 Å². The quantitative estimate of drug-likeness (QED) is 0.600. The van der Waals surface area contributed by atoms with Crippen molar-refractivity contribution < 1.29 is 14.6 Å². The molecule has 1 aromatic carbocycles. The van der Waals surface area contributed by atoms with Crippen LogP contribution in [-0.4, -0.2) is 24.2 Å². The fourth-order valence-corrected chi connectivity index (χ4v) is 1.91. The van der Waals surface area contributed by atoms with E-state index in [1.165, 1.54) is 0 Å². The van der Waals surface area contributed by atoms with E-state index in [0.717, 1.165) is 18.5 Å². The summed E-state index contributed by atoms with van der Waals surface area (Å²) >= 11 is 3.27. The number of phenols is 1. The molecule has 18 heavy (non-hydrogen) atoms. The molecular formula is C13H18BrNO3. The van der Waals surface area contributed by atoms with E-state index in [1.54, 1.807) is 13.0 Å². The van der Waals surface area contributed by atoms with E-state index < -0.39 is 0 Å². The predicted octanol–water partition coefficient (Wildman–Crippen LogP) is 2.59. The SMILES string of the molecule is CCOC(=O)CCCNCc1ccc(O)c(Br)c1. The molecule has 0 aromatic heterocycles. The van der Waals surface area contributed by atoms with Crippen LogP contribution < -0.4 is 5.32 Å². The fraction of sp³-hybridized carbons (Fsp3) is 0.462. The molecule has 0 aliphatic carbocycles. The van der Waals surface area contributed by atoms with Gasteiger partial charge in [0.05, 0.1) is 11.1 Å². The number of benzene rings is 1. The number of aromatic hydroxyl groups is 1. The smallest absolute Gasteiger partial charge is 0.305 e. The third-order valence-electron chi connectivity index (χ3n) is 2.38. The summed E-state index contributed by atoms with van der Waals surface area (Å²) in [5.74, 6) is 0.0905. The predicted molar refractivity (Wildman–Crippen MR) is 73.4 cm³/mol. The average molecular weight is 316 g/mol. The highest BCUT2D eigenvalue weighted by atomic mass is 79.9. The van der Waals surface area contributed by atoms with Crippen LogP contribution in [0.5, 0.6) is 5.75 Å². The maximum Gasteiger partial charge on any atom is 0.305 e. The zero-order valence-corrected chi connectivity index (χ0v) is 12.0. The molecule has 0 saturated carbocycles. The van der Waals surface area contributed by atoms with Crippen molar-refractivity contribution in [1.29, 1.82) is 0 Å². The first-order chi connectivity index (χ1) is 8.63. The lowest BCUT2D eigenvalue weighted by Crippen LogP contribution is -2.16. The molecule has 100 valence electrons. The Hall–Kier alpha value is -1.07. The molecule has 0 heterocycles. The highest BCUT2D eigenvalue weighted by Crippen LogP contribution is 2.24. The summed E-state index contributed by atoms with van der Waals surface area (Å²) in [4.78, 5) is 11.1. The van der Waals surface area contributed by atoms with E-state index in [4.69, 9.17) is 4.74 Å². The first kappa shape index (κ1) is 15.0. The number of phenolic OH excluding ortho intramolecular Hbond substituents is 1. The molecule has 4 nitrogen and oxygen atoms in total. The molecule has 0 unspecified atom stereocenters. The number of esters is 1. The number of hydrogen-bond acceptors (Lipinski definition) is 4. The number of carbonyl (C=O) groups is 1. The molecular weight excluding hydrogens is 298 g/mol. The van der Waals surface area contributed by atoms with E-state index in [-0.39, 0.29) is 11.7 Å². The van der Waals surface area contributed by atoms with Gasteiger partial charge in [-0.05, 0) is 53.5 Å². The Kier molecular flexibility index (Phi) is 6.75. The standard InChI is InChI=1S/C13H18BrNO3/c1-2-18-13(17)4-3-7-15-9-10-5-6-12(16)11(14)8-10/h5-6,8,15-16H,2-4,7,9H2,1H3. The van der Waals surface area contributed by atoms with Crippen molar-refractivity contribution in [2.24, 2.45) is 0 Å². The number of carbonyl (C=O) groups excluding carboxylic acids is 1. The number of halogens is 1. The van der Waals surface area contributed by atoms with Gasteiger partial charge in [0.1, 0.15) is 5.75 Å². The van der Waals surface area contributed by atoms with Gasteiger partial charge in [-0.2, -0.15) is 0 Å². The monoisotopic (exact) mass is 315 g/mol. The second kappa shape index (κ2) is 8.11. The lowest BCUT2D eigenvalue weighted by molar-refractivity contribution is -0.143. The van der Waals surface area contributed by atoms with Crippen LogP contribution in [0.2, 0.25) is 0 Å². The van der Waals surface area contributed by atoms with E-state index in [2.05, 4.69) is 21.2 Å².